The monoisotopic (exact) mass is 599 g/mol. The van der Waals surface area contributed by atoms with Crippen molar-refractivity contribution in [3.63, 3.8) is 0 Å². The van der Waals surface area contributed by atoms with Gasteiger partial charge in [0.15, 0.2) is 0 Å². The highest BCUT2D eigenvalue weighted by atomic mass is 17.1. The number of carbonyl (C=O) groups excluding carboxylic acids is 1. The molecule has 0 aliphatic heterocycles. The third-order valence-electron chi connectivity index (χ3n) is 8.62. The van der Waals surface area contributed by atoms with Gasteiger partial charge in [0.1, 0.15) is 0 Å². The Balaban J connectivity index is 0. The minimum atomic E-state index is -0.510. The lowest BCUT2D eigenvalue weighted by Gasteiger charge is -2.10. The highest BCUT2D eigenvalue weighted by Crippen LogP contribution is 2.16. The highest BCUT2D eigenvalue weighted by Gasteiger charge is 2.04. The van der Waals surface area contributed by atoms with E-state index >= 15 is 0 Å². The Morgan fingerprint density at radius 3 is 0.929 bits per heavy atom. The number of aliphatic hydroxyl groups excluding tert-OH is 1. The molecule has 0 aromatic heterocycles. The molecular weight excluding hydrogens is 520 g/mol. The van der Waals surface area contributed by atoms with Gasteiger partial charge in [-0.25, -0.2) is 4.79 Å². The molecule has 4 nitrogen and oxygen atoms in total. The highest BCUT2D eigenvalue weighted by molar-refractivity contribution is 5.68. The molecule has 1 atom stereocenters. The van der Waals surface area contributed by atoms with Crippen molar-refractivity contribution in [2.75, 3.05) is 0 Å². The van der Waals surface area contributed by atoms with Crippen molar-refractivity contribution in [2.24, 2.45) is 0 Å². The lowest BCUT2D eigenvalue weighted by atomic mass is 10.0. The van der Waals surface area contributed by atoms with Crippen LogP contribution in [0.1, 0.15) is 233 Å². The zero-order valence-electron chi connectivity index (χ0n) is 29.1. The third-order valence-corrected chi connectivity index (χ3v) is 8.62. The van der Waals surface area contributed by atoms with Gasteiger partial charge in [-0.1, -0.05) is 207 Å². The molecule has 0 radical (unpaired) electrons. The van der Waals surface area contributed by atoms with Crippen molar-refractivity contribution in [2.45, 2.75) is 239 Å². The molecule has 0 fully saturated rings. The summed E-state index contributed by atoms with van der Waals surface area (Å²) >= 11 is 0. The van der Waals surface area contributed by atoms with Gasteiger partial charge >= 0.3 is 5.97 Å². The molecule has 0 aliphatic rings. The minimum absolute atomic E-state index is 0.0271. The van der Waals surface area contributed by atoms with Gasteiger partial charge in [-0.3, -0.25) is 0 Å². The maximum Gasteiger partial charge on any atom is 0.342 e. The number of hydrogen-bond acceptors (Lipinski definition) is 4. The second-order valence-corrected chi connectivity index (χ2v) is 13.0. The van der Waals surface area contributed by atoms with Gasteiger partial charge in [-0.15, -0.1) is 0 Å². The number of aliphatic hydroxyl groups is 1. The van der Waals surface area contributed by atoms with Gasteiger partial charge < -0.3 is 9.99 Å². The average molecular weight is 599 g/mol. The third kappa shape index (κ3) is 41.5. The predicted molar refractivity (Wildman–Crippen MR) is 184 cm³/mol. The Kier molecular flexibility index (Phi) is 41.9. The van der Waals surface area contributed by atoms with Crippen LogP contribution in [0.3, 0.4) is 0 Å². The topological polar surface area (TPSA) is 66.8 Å². The summed E-state index contributed by atoms with van der Waals surface area (Å²) in [6, 6.07) is 0. The molecule has 0 heterocycles. The standard InChI is InChI=1S/C20H42O.C18H36O3/c1-3-5-7-9-11-12-13-15-17-19-20(21)18-16-14-10-8-6-4-2;1-2-3-4-5-6-7-8-9-10-11-12-13-14-15-16-17-18(19)21-20/h20-21H,3-19H2,1-2H3;20H,2-17H2,1H3. The van der Waals surface area contributed by atoms with Crippen LogP contribution in [-0.4, -0.2) is 22.4 Å². The van der Waals surface area contributed by atoms with Crippen LogP contribution < -0.4 is 0 Å². The molecule has 0 aromatic carbocycles. The van der Waals surface area contributed by atoms with Crippen LogP contribution in [0, 0.1) is 0 Å². The van der Waals surface area contributed by atoms with Crippen LogP contribution in [-0.2, 0) is 9.68 Å². The zero-order chi connectivity index (χ0) is 31.2. The first-order chi connectivity index (χ1) is 20.6. The minimum Gasteiger partial charge on any atom is -0.393 e. The second kappa shape index (κ2) is 40.4. The van der Waals surface area contributed by atoms with Gasteiger partial charge in [0.2, 0.25) is 0 Å². The van der Waals surface area contributed by atoms with E-state index in [0.29, 0.717) is 6.42 Å². The SMILES string of the molecule is CCCCCCCCCCCC(O)CCCCCCCC.CCCCCCCCCCCCCCCCCC(=O)OO. The van der Waals surface area contributed by atoms with E-state index in [9.17, 15) is 9.90 Å². The summed E-state index contributed by atoms with van der Waals surface area (Å²) in [5.41, 5.74) is 0. The largest absolute Gasteiger partial charge is 0.393 e. The van der Waals surface area contributed by atoms with E-state index in [4.69, 9.17) is 5.26 Å². The fourth-order valence-electron chi connectivity index (χ4n) is 5.68. The Labute approximate surface area is 264 Å². The lowest BCUT2D eigenvalue weighted by Crippen LogP contribution is -2.05. The molecule has 0 bridgehead atoms. The molecule has 0 aromatic rings. The molecular formula is C38H78O4. The van der Waals surface area contributed by atoms with E-state index < -0.39 is 5.97 Å². The predicted octanol–water partition coefficient (Wildman–Crippen LogP) is 13.3. The molecule has 0 aliphatic carbocycles. The molecule has 4 heteroatoms. The Hall–Kier alpha value is -0.610. The van der Waals surface area contributed by atoms with Gasteiger partial charge in [0.25, 0.3) is 0 Å². The van der Waals surface area contributed by atoms with Crippen LogP contribution in [0.5, 0.6) is 0 Å². The van der Waals surface area contributed by atoms with E-state index in [2.05, 4.69) is 25.7 Å². The Morgan fingerprint density at radius 1 is 0.429 bits per heavy atom. The number of rotatable bonds is 33. The summed E-state index contributed by atoms with van der Waals surface area (Å²) in [4.78, 5) is 14.3. The molecule has 0 rings (SSSR count). The van der Waals surface area contributed by atoms with Crippen LogP contribution >= 0.6 is 0 Å². The Bertz CT molecular complexity index is 482. The molecule has 1 unspecified atom stereocenters. The van der Waals surface area contributed by atoms with Crippen LogP contribution in [0.4, 0.5) is 0 Å². The average Bonchev–Trinajstić information content (AvgIpc) is 3.00. The molecule has 0 saturated carbocycles. The fourth-order valence-corrected chi connectivity index (χ4v) is 5.68. The first-order valence-corrected chi connectivity index (χ1v) is 19.1. The lowest BCUT2D eigenvalue weighted by molar-refractivity contribution is -0.234. The van der Waals surface area contributed by atoms with Crippen molar-refractivity contribution >= 4 is 5.97 Å². The second-order valence-electron chi connectivity index (χ2n) is 13.0. The van der Waals surface area contributed by atoms with Gasteiger partial charge in [-0.2, -0.15) is 5.26 Å². The molecule has 2 N–H and O–H groups in total. The van der Waals surface area contributed by atoms with E-state index in [1.54, 1.807) is 0 Å². The van der Waals surface area contributed by atoms with Crippen molar-refractivity contribution < 1.29 is 20.0 Å². The van der Waals surface area contributed by atoms with Crippen molar-refractivity contribution in [3.8, 4) is 0 Å². The van der Waals surface area contributed by atoms with Gasteiger partial charge in [0, 0.05) is 6.42 Å². The fraction of sp³-hybridized carbons (Fsp3) is 0.974. The quantitative estimate of drug-likeness (QED) is 0.0448. The van der Waals surface area contributed by atoms with Crippen molar-refractivity contribution in [1.29, 1.82) is 0 Å². The molecule has 0 saturated heterocycles. The molecule has 42 heavy (non-hydrogen) atoms. The zero-order valence-corrected chi connectivity index (χ0v) is 29.1. The molecule has 0 amide bonds. The summed E-state index contributed by atoms with van der Waals surface area (Å²) in [7, 11) is 0. The normalized spacial score (nSPS) is 11.7. The summed E-state index contributed by atoms with van der Waals surface area (Å²) in [5, 5.41) is 18.1. The summed E-state index contributed by atoms with van der Waals surface area (Å²) in [5.74, 6) is -0.510. The first kappa shape index (κ1) is 43.5. The van der Waals surface area contributed by atoms with Gasteiger partial charge in [0.05, 0.1) is 6.10 Å². The number of carbonyl (C=O) groups is 1. The van der Waals surface area contributed by atoms with E-state index in [-0.39, 0.29) is 6.10 Å². The van der Waals surface area contributed by atoms with Crippen LogP contribution in [0.25, 0.3) is 0 Å². The maximum absolute atomic E-state index is 10.7. The van der Waals surface area contributed by atoms with E-state index in [1.165, 1.54) is 180 Å². The van der Waals surface area contributed by atoms with E-state index in [0.717, 1.165) is 25.7 Å². The van der Waals surface area contributed by atoms with Crippen molar-refractivity contribution in [1.82, 2.24) is 0 Å². The summed E-state index contributed by atoms with van der Waals surface area (Å²) < 4.78 is 0. The van der Waals surface area contributed by atoms with Gasteiger partial charge in [-0.05, 0) is 19.3 Å². The first-order valence-electron chi connectivity index (χ1n) is 19.1. The van der Waals surface area contributed by atoms with Crippen LogP contribution in [0.15, 0.2) is 0 Å². The number of hydrogen-bond donors (Lipinski definition) is 2. The molecule has 254 valence electrons. The summed E-state index contributed by atoms with van der Waals surface area (Å²) in [6.07, 6.45) is 42.4. The molecule has 0 spiro atoms. The number of unbranched alkanes of at least 4 members (excludes halogenated alkanes) is 27. The van der Waals surface area contributed by atoms with Crippen molar-refractivity contribution in [3.05, 3.63) is 0 Å². The smallest absolute Gasteiger partial charge is 0.342 e. The Morgan fingerprint density at radius 2 is 0.667 bits per heavy atom. The van der Waals surface area contributed by atoms with E-state index in [1.807, 2.05) is 0 Å². The summed E-state index contributed by atoms with van der Waals surface area (Å²) in [6.45, 7) is 6.80. The maximum atomic E-state index is 10.7. The van der Waals surface area contributed by atoms with Crippen LogP contribution in [0.2, 0.25) is 0 Å².